The number of hydrogen-bond donors (Lipinski definition) is 1. The third-order valence-electron chi connectivity index (χ3n) is 4.50. The maximum atomic E-state index is 4.78. The summed E-state index contributed by atoms with van der Waals surface area (Å²) in [6.45, 7) is 3.85. The summed E-state index contributed by atoms with van der Waals surface area (Å²) in [5.41, 5.74) is 2.24. The van der Waals surface area contributed by atoms with Crippen molar-refractivity contribution in [2.75, 3.05) is 6.54 Å². The number of imidazole rings is 1. The summed E-state index contributed by atoms with van der Waals surface area (Å²) in [6.07, 6.45) is 2.30. The van der Waals surface area contributed by atoms with Crippen molar-refractivity contribution < 1.29 is 0 Å². The van der Waals surface area contributed by atoms with E-state index in [1.807, 2.05) is 13.0 Å². The number of likely N-dealkylation sites (tertiary alicyclic amines) is 1. The van der Waals surface area contributed by atoms with Gasteiger partial charge in [0.15, 0.2) is 5.82 Å². The van der Waals surface area contributed by atoms with E-state index in [-0.39, 0.29) is 0 Å². The predicted molar refractivity (Wildman–Crippen MR) is 84.2 cm³/mol. The van der Waals surface area contributed by atoms with Gasteiger partial charge in [-0.2, -0.15) is 5.10 Å². The standard InChI is InChI=1S/C16H20N6/c1-11-17-16(20-19-11)14-8-5-9-22(14)10-15-18-12-6-3-4-7-13(12)21(15)2/h3-4,6-7,14H,5,8-10H2,1-2H3,(H,17,19,20)/t14-/m1/s1. The minimum absolute atomic E-state index is 0.296. The highest BCUT2D eigenvalue weighted by atomic mass is 15.3. The number of nitrogens with one attached hydrogen (secondary N) is 1. The van der Waals surface area contributed by atoms with E-state index >= 15 is 0 Å². The van der Waals surface area contributed by atoms with Gasteiger partial charge in [0.05, 0.1) is 23.6 Å². The van der Waals surface area contributed by atoms with E-state index in [2.05, 4.69) is 49.9 Å². The van der Waals surface area contributed by atoms with E-state index < -0.39 is 0 Å². The molecular formula is C16H20N6. The number of nitrogens with zero attached hydrogens (tertiary/aromatic N) is 5. The average Bonchev–Trinajstić information content (AvgIpc) is 3.21. The van der Waals surface area contributed by atoms with Gasteiger partial charge in [-0.15, -0.1) is 0 Å². The summed E-state index contributed by atoms with van der Waals surface area (Å²) >= 11 is 0. The Kier molecular flexibility index (Phi) is 3.18. The number of para-hydroxylation sites is 2. The predicted octanol–water partition coefficient (Wildman–Crippen LogP) is 2.34. The lowest BCUT2D eigenvalue weighted by Crippen LogP contribution is -2.25. The Hall–Kier alpha value is -2.21. The molecule has 0 aliphatic carbocycles. The normalized spacial score (nSPS) is 19.3. The number of aromatic amines is 1. The van der Waals surface area contributed by atoms with Crippen LogP contribution in [-0.4, -0.2) is 36.2 Å². The summed E-state index contributed by atoms with van der Waals surface area (Å²) in [5.74, 6) is 2.89. The first-order chi connectivity index (χ1) is 10.7. The van der Waals surface area contributed by atoms with Crippen LogP contribution >= 0.6 is 0 Å². The van der Waals surface area contributed by atoms with Crippen LogP contribution in [0.4, 0.5) is 0 Å². The SMILES string of the molecule is Cc1nc([C@H]2CCCN2Cc2nc3ccccc3n2C)n[nH]1. The number of rotatable bonds is 3. The van der Waals surface area contributed by atoms with E-state index in [9.17, 15) is 0 Å². The first-order valence-electron chi connectivity index (χ1n) is 7.75. The molecule has 0 saturated carbocycles. The summed E-state index contributed by atoms with van der Waals surface area (Å²) in [5, 5.41) is 7.30. The molecular weight excluding hydrogens is 276 g/mol. The number of aromatic nitrogens is 5. The Morgan fingerprint density at radius 1 is 1.27 bits per heavy atom. The Morgan fingerprint density at radius 3 is 2.91 bits per heavy atom. The second-order valence-corrected chi connectivity index (χ2v) is 5.98. The third kappa shape index (κ3) is 2.20. The molecule has 1 aromatic carbocycles. The molecule has 2 aromatic heterocycles. The van der Waals surface area contributed by atoms with Gasteiger partial charge in [-0.1, -0.05) is 12.1 Å². The summed E-state index contributed by atoms with van der Waals surface area (Å²) in [6, 6.07) is 8.58. The lowest BCUT2D eigenvalue weighted by Gasteiger charge is -2.21. The van der Waals surface area contributed by atoms with Crippen LogP contribution in [0.25, 0.3) is 11.0 Å². The zero-order valence-corrected chi connectivity index (χ0v) is 13.0. The van der Waals surface area contributed by atoms with Crippen LogP contribution < -0.4 is 0 Å². The van der Waals surface area contributed by atoms with Gasteiger partial charge in [-0.3, -0.25) is 10.00 Å². The molecule has 0 bridgehead atoms. The molecule has 114 valence electrons. The number of hydrogen-bond acceptors (Lipinski definition) is 4. The molecule has 1 aliphatic rings. The minimum Gasteiger partial charge on any atom is -0.330 e. The summed E-state index contributed by atoms with van der Waals surface area (Å²) in [7, 11) is 2.09. The molecule has 0 spiro atoms. The van der Waals surface area contributed by atoms with Gasteiger partial charge < -0.3 is 4.57 Å². The second kappa shape index (κ2) is 5.21. The van der Waals surface area contributed by atoms with Crippen LogP contribution in [-0.2, 0) is 13.6 Å². The second-order valence-electron chi connectivity index (χ2n) is 5.98. The van der Waals surface area contributed by atoms with Crippen molar-refractivity contribution in [2.45, 2.75) is 32.4 Å². The van der Waals surface area contributed by atoms with Crippen molar-refractivity contribution in [3.05, 3.63) is 41.7 Å². The quantitative estimate of drug-likeness (QED) is 0.806. The van der Waals surface area contributed by atoms with Crippen LogP contribution in [0, 0.1) is 6.92 Å². The summed E-state index contributed by atoms with van der Waals surface area (Å²) < 4.78 is 2.19. The first-order valence-corrected chi connectivity index (χ1v) is 7.75. The van der Waals surface area contributed by atoms with Gasteiger partial charge in [0.25, 0.3) is 0 Å². The molecule has 3 aromatic rings. The molecule has 6 nitrogen and oxygen atoms in total. The van der Waals surface area contributed by atoms with Gasteiger partial charge in [0.1, 0.15) is 11.6 Å². The third-order valence-corrected chi connectivity index (χ3v) is 4.50. The first kappa shape index (κ1) is 13.5. The smallest absolute Gasteiger partial charge is 0.167 e. The zero-order chi connectivity index (χ0) is 15.1. The number of benzene rings is 1. The van der Waals surface area contributed by atoms with E-state index in [0.29, 0.717) is 6.04 Å². The summed E-state index contributed by atoms with van der Waals surface area (Å²) in [4.78, 5) is 11.7. The van der Waals surface area contributed by atoms with Crippen molar-refractivity contribution in [3.63, 3.8) is 0 Å². The molecule has 0 unspecified atom stereocenters. The highest BCUT2D eigenvalue weighted by molar-refractivity contribution is 5.75. The minimum atomic E-state index is 0.296. The van der Waals surface area contributed by atoms with Crippen LogP contribution in [0.3, 0.4) is 0 Å². The molecule has 3 heterocycles. The van der Waals surface area contributed by atoms with Crippen LogP contribution in [0.1, 0.15) is 36.4 Å². The maximum Gasteiger partial charge on any atom is 0.167 e. The Morgan fingerprint density at radius 2 is 2.14 bits per heavy atom. The van der Waals surface area contributed by atoms with E-state index in [0.717, 1.165) is 42.5 Å². The number of fused-ring (bicyclic) bond motifs is 1. The lowest BCUT2D eigenvalue weighted by molar-refractivity contribution is 0.232. The molecule has 1 fully saturated rings. The Bertz CT molecular complexity index is 802. The van der Waals surface area contributed by atoms with Gasteiger partial charge in [-0.25, -0.2) is 9.97 Å². The van der Waals surface area contributed by atoms with Crippen LogP contribution in [0.5, 0.6) is 0 Å². The lowest BCUT2D eigenvalue weighted by atomic mass is 10.2. The molecule has 0 radical (unpaired) electrons. The van der Waals surface area contributed by atoms with Crippen molar-refractivity contribution in [2.24, 2.45) is 7.05 Å². The zero-order valence-electron chi connectivity index (χ0n) is 13.0. The fraction of sp³-hybridized carbons (Fsp3) is 0.438. The monoisotopic (exact) mass is 296 g/mol. The average molecular weight is 296 g/mol. The Balaban J connectivity index is 1.62. The van der Waals surface area contributed by atoms with Gasteiger partial charge >= 0.3 is 0 Å². The fourth-order valence-electron chi connectivity index (χ4n) is 3.34. The highest BCUT2D eigenvalue weighted by Gasteiger charge is 2.30. The molecule has 0 amide bonds. The fourth-order valence-corrected chi connectivity index (χ4v) is 3.34. The molecule has 22 heavy (non-hydrogen) atoms. The highest BCUT2D eigenvalue weighted by Crippen LogP contribution is 2.31. The van der Waals surface area contributed by atoms with Crippen LogP contribution in [0.15, 0.2) is 24.3 Å². The molecule has 4 rings (SSSR count). The van der Waals surface area contributed by atoms with Gasteiger partial charge in [0.2, 0.25) is 0 Å². The molecule has 1 saturated heterocycles. The largest absolute Gasteiger partial charge is 0.330 e. The van der Waals surface area contributed by atoms with Crippen molar-refractivity contribution in [3.8, 4) is 0 Å². The van der Waals surface area contributed by atoms with Crippen molar-refractivity contribution in [1.82, 2.24) is 29.6 Å². The number of aryl methyl sites for hydroxylation is 2. The molecule has 1 aliphatic heterocycles. The van der Waals surface area contributed by atoms with E-state index in [1.165, 1.54) is 11.9 Å². The topological polar surface area (TPSA) is 62.6 Å². The van der Waals surface area contributed by atoms with Gasteiger partial charge in [-0.05, 0) is 38.4 Å². The van der Waals surface area contributed by atoms with E-state index in [4.69, 9.17) is 4.98 Å². The van der Waals surface area contributed by atoms with Gasteiger partial charge in [0, 0.05) is 7.05 Å². The van der Waals surface area contributed by atoms with Crippen molar-refractivity contribution in [1.29, 1.82) is 0 Å². The van der Waals surface area contributed by atoms with Crippen molar-refractivity contribution >= 4 is 11.0 Å². The van der Waals surface area contributed by atoms with Crippen LogP contribution in [0.2, 0.25) is 0 Å². The molecule has 1 N–H and O–H groups in total. The van der Waals surface area contributed by atoms with E-state index in [1.54, 1.807) is 0 Å². The molecule has 6 heteroatoms. The number of H-pyrrole nitrogens is 1. The maximum absolute atomic E-state index is 4.78. The Labute approximate surface area is 129 Å². The molecule has 1 atom stereocenters.